The number of esters is 1. The number of carbonyl (C=O) groups excluding carboxylic acids is 1. The average molecular weight is 287 g/mol. The first-order valence-electron chi connectivity index (χ1n) is 8.18. The fraction of sp³-hybridized carbons (Fsp3) is 0.611. The molecule has 0 bridgehead atoms. The van der Waals surface area contributed by atoms with Crippen molar-refractivity contribution in [1.82, 2.24) is 4.90 Å². The third-order valence-electron chi connectivity index (χ3n) is 5.09. The number of rotatable bonds is 6. The zero-order valence-corrected chi connectivity index (χ0v) is 12.9. The van der Waals surface area contributed by atoms with Gasteiger partial charge in [-0.05, 0) is 30.7 Å². The van der Waals surface area contributed by atoms with E-state index in [0.717, 1.165) is 38.9 Å². The summed E-state index contributed by atoms with van der Waals surface area (Å²) >= 11 is 0. The Kier molecular flexibility index (Phi) is 4.29. The summed E-state index contributed by atoms with van der Waals surface area (Å²) in [5, 5.41) is 0. The second kappa shape index (κ2) is 6.18. The third kappa shape index (κ3) is 2.84. The molecule has 0 radical (unpaired) electrons. The van der Waals surface area contributed by atoms with E-state index in [-0.39, 0.29) is 11.4 Å². The summed E-state index contributed by atoms with van der Waals surface area (Å²) in [4.78, 5) is 14.9. The Bertz CT molecular complexity index is 487. The Balaban J connectivity index is 1.59. The Morgan fingerprint density at radius 2 is 2.19 bits per heavy atom. The second-order valence-electron chi connectivity index (χ2n) is 6.54. The molecule has 1 aliphatic heterocycles. The molecule has 114 valence electrons. The van der Waals surface area contributed by atoms with Gasteiger partial charge in [-0.25, -0.2) is 0 Å². The van der Waals surface area contributed by atoms with Crippen molar-refractivity contribution >= 4 is 5.97 Å². The van der Waals surface area contributed by atoms with Crippen LogP contribution in [0, 0.1) is 11.3 Å². The molecule has 21 heavy (non-hydrogen) atoms. The monoisotopic (exact) mass is 287 g/mol. The molecule has 3 heteroatoms. The smallest absolute Gasteiger partial charge is 0.313 e. The molecule has 1 aromatic rings. The van der Waals surface area contributed by atoms with E-state index in [2.05, 4.69) is 36.1 Å². The molecule has 2 fully saturated rings. The molecule has 1 aliphatic carbocycles. The maximum Gasteiger partial charge on any atom is 0.313 e. The summed E-state index contributed by atoms with van der Waals surface area (Å²) < 4.78 is 5.52. The predicted molar refractivity (Wildman–Crippen MR) is 82.7 cm³/mol. The molecule has 2 atom stereocenters. The number of carbonyl (C=O) groups is 1. The van der Waals surface area contributed by atoms with Crippen LogP contribution in [0.25, 0.3) is 0 Å². The van der Waals surface area contributed by atoms with Gasteiger partial charge in [-0.3, -0.25) is 9.69 Å². The number of ether oxygens (including phenoxy) is 1. The molecule has 2 aliphatic rings. The fourth-order valence-corrected chi connectivity index (χ4v) is 3.69. The number of hydrogen-bond acceptors (Lipinski definition) is 3. The van der Waals surface area contributed by atoms with E-state index in [1.165, 1.54) is 12.0 Å². The molecule has 1 saturated carbocycles. The van der Waals surface area contributed by atoms with E-state index >= 15 is 0 Å². The van der Waals surface area contributed by atoms with Crippen LogP contribution < -0.4 is 0 Å². The lowest BCUT2D eigenvalue weighted by molar-refractivity contribution is -0.164. The standard InChI is InChI=1S/C18H25NO2/c1-2-3-11-21-17(20)18-10-9-16(18)13-19(14-18)12-15-7-5-4-6-8-15/h4-8,16H,2-3,9-14H2,1H3. The maximum atomic E-state index is 12.5. The lowest BCUT2D eigenvalue weighted by Gasteiger charge is -2.41. The highest BCUT2D eigenvalue weighted by molar-refractivity contribution is 5.79. The molecular weight excluding hydrogens is 262 g/mol. The van der Waals surface area contributed by atoms with Crippen LogP contribution in [0.3, 0.4) is 0 Å². The van der Waals surface area contributed by atoms with Gasteiger partial charge >= 0.3 is 5.97 Å². The zero-order valence-electron chi connectivity index (χ0n) is 12.9. The molecule has 0 spiro atoms. The van der Waals surface area contributed by atoms with Crippen molar-refractivity contribution < 1.29 is 9.53 Å². The van der Waals surface area contributed by atoms with Gasteiger partial charge in [0.25, 0.3) is 0 Å². The maximum absolute atomic E-state index is 12.5. The summed E-state index contributed by atoms with van der Waals surface area (Å²) in [6, 6.07) is 10.5. The number of fused-ring (bicyclic) bond motifs is 1. The van der Waals surface area contributed by atoms with Crippen molar-refractivity contribution in [2.24, 2.45) is 11.3 Å². The number of hydrogen-bond donors (Lipinski definition) is 0. The molecule has 3 rings (SSSR count). The summed E-state index contributed by atoms with van der Waals surface area (Å²) in [7, 11) is 0. The Labute approximate surface area is 127 Å². The van der Waals surface area contributed by atoms with Gasteiger partial charge in [0, 0.05) is 19.6 Å². The zero-order chi connectivity index (χ0) is 14.7. The lowest BCUT2D eigenvalue weighted by atomic mass is 9.62. The SMILES string of the molecule is CCCCOC(=O)C12CCC1CN(Cc1ccccc1)C2. The Morgan fingerprint density at radius 1 is 1.38 bits per heavy atom. The first kappa shape index (κ1) is 14.6. The quantitative estimate of drug-likeness (QED) is 0.594. The van der Waals surface area contributed by atoms with Crippen LogP contribution in [0.15, 0.2) is 30.3 Å². The van der Waals surface area contributed by atoms with Crippen LogP contribution in [-0.4, -0.2) is 30.6 Å². The van der Waals surface area contributed by atoms with Gasteiger partial charge in [-0.15, -0.1) is 0 Å². The number of likely N-dealkylation sites (tertiary alicyclic amines) is 1. The van der Waals surface area contributed by atoms with E-state index in [1.807, 2.05) is 6.07 Å². The van der Waals surface area contributed by atoms with E-state index in [0.29, 0.717) is 12.5 Å². The van der Waals surface area contributed by atoms with Crippen LogP contribution in [0.5, 0.6) is 0 Å². The minimum Gasteiger partial charge on any atom is -0.465 e. The van der Waals surface area contributed by atoms with Crippen LogP contribution in [0.4, 0.5) is 0 Å². The molecule has 0 aromatic heterocycles. The highest BCUT2D eigenvalue weighted by atomic mass is 16.5. The summed E-state index contributed by atoms with van der Waals surface area (Å²) in [5.41, 5.74) is 1.14. The molecule has 0 amide bonds. The topological polar surface area (TPSA) is 29.5 Å². The van der Waals surface area contributed by atoms with E-state index in [4.69, 9.17) is 4.74 Å². The van der Waals surface area contributed by atoms with Gasteiger partial charge in [0.05, 0.1) is 12.0 Å². The van der Waals surface area contributed by atoms with Crippen molar-refractivity contribution in [3.63, 3.8) is 0 Å². The number of nitrogens with zero attached hydrogens (tertiary/aromatic N) is 1. The van der Waals surface area contributed by atoms with Gasteiger partial charge in [-0.1, -0.05) is 43.7 Å². The van der Waals surface area contributed by atoms with Gasteiger partial charge in [0.15, 0.2) is 0 Å². The highest BCUT2D eigenvalue weighted by Crippen LogP contribution is 2.53. The Morgan fingerprint density at radius 3 is 2.86 bits per heavy atom. The summed E-state index contributed by atoms with van der Waals surface area (Å²) in [5.74, 6) is 0.568. The Hall–Kier alpha value is -1.35. The van der Waals surface area contributed by atoms with Crippen LogP contribution in [0.1, 0.15) is 38.2 Å². The van der Waals surface area contributed by atoms with Gasteiger partial charge in [0.1, 0.15) is 0 Å². The first-order valence-corrected chi connectivity index (χ1v) is 8.18. The molecule has 2 unspecified atom stereocenters. The molecule has 1 heterocycles. The number of unbranched alkanes of at least 4 members (excludes halogenated alkanes) is 1. The minimum absolute atomic E-state index is 0.0581. The van der Waals surface area contributed by atoms with Gasteiger partial charge < -0.3 is 4.74 Å². The fourth-order valence-electron chi connectivity index (χ4n) is 3.69. The predicted octanol–water partition coefficient (Wildman–Crippen LogP) is 3.24. The first-order chi connectivity index (χ1) is 10.2. The van der Waals surface area contributed by atoms with Crippen molar-refractivity contribution in [3.8, 4) is 0 Å². The van der Waals surface area contributed by atoms with Gasteiger partial charge in [-0.2, -0.15) is 0 Å². The van der Waals surface area contributed by atoms with E-state index in [1.54, 1.807) is 0 Å². The average Bonchev–Trinajstić information content (AvgIpc) is 2.73. The van der Waals surface area contributed by atoms with Crippen molar-refractivity contribution in [3.05, 3.63) is 35.9 Å². The van der Waals surface area contributed by atoms with Crippen LogP contribution in [-0.2, 0) is 16.1 Å². The van der Waals surface area contributed by atoms with Crippen molar-refractivity contribution in [2.75, 3.05) is 19.7 Å². The summed E-state index contributed by atoms with van der Waals surface area (Å²) in [6.45, 7) is 5.56. The molecule has 1 aromatic carbocycles. The second-order valence-corrected chi connectivity index (χ2v) is 6.54. The largest absolute Gasteiger partial charge is 0.465 e. The molecule has 3 nitrogen and oxygen atoms in total. The molecular formula is C18H25NO2. The number of benzene rings is 1. The van der Waals surface area contributed by atoms with Crippen LogP contribution in [0.2, 0.25) is 0 Å². The minimum atomic E-state index is -0.192. The molecule has 1 saturated heterocycles. The third-order valence-corrected chi connectivity index (χ3v) is 5.09. The van der Waals surface area contributed by atoms with Gasteiger partial charge in [0.2, 0.25) is 0 Å². The van der Waals surface area contributed by atoms with Crippen molar-refractivity contribution in [2.45, 2.75) is 39.2 Å². The summed E-state index contributed by atoms with van der Waals surface area (Å²) in [6.07, 6.45) is 4.23. The van der Waals surface area contributed by atoms with Crippen LogP contribution >= 0.6 is 0 Å². The van der Waals surface area contributed by atoms with Crippen molar-refractivity contribution in [1.29, 1.82) is 0 Å². The van der Waals surface area contributed by atoms with E-state index in [9.17, 15) is 4.79 Å². The normalized spacial score (nSPS) is 28.0. The highest BCUT2D eigenvalue weighted by Gasteiger charge is 2.58. The molecule has 0 N–H and O–H groups in total. The van der Waals surface area contributed by atoms with E-state index < -0.39 is 0 Å². The lowest BCUT2D eigenvalue weighted by Crippen LogP contribution is -2.47.